The van der Waals surface area contributed by atoms with Gasteiger partial charge in [0.1, 0.15) is 10.7 Å². The van der Waals surface area contributed by atoms with E-state index in [1.807, 2.05) is 23.4 Å². The van der Waals surface area contributed by atoms with Crippen molar-refractivity contribution >= 4 is 32.1 Å². The smallest absolute Gasteiger partial charge is 0.253 e. The Labute approximate surface area is 161 Å². The SMILES string of the molecule is Cc1nc([C@@H]2CCCN(C(=O)c3ccc(S(N)(=O)=O)cc3)C2)c2sccn12. The summed E-state index contributed by atoms with van der Waals surface area (Å²) in [7, 11) is -3.76. The number of carbonyl (C=O) groups excluding carboxylic acids is 1. The number of benzene rings is 1. The van der Waals surface area contributed by atoms with E-state index in [4.69, 9.17) is 10.1 Å². The molecule has 7 nitrogen and oxygen atoms in total. The summed E-state index contributed by atoms with van der Waals surface area (Å²) in [5.41, 5.74) is 1.52. The van der Waals surface area contributed by atoms with Gasteiger partial charge in [-0.3, -0.25) is 9.20 Å². The standard InChI is InChI=1S/C18H20N4O3S2/c1-12-20-16(18-22(12)9-10-26-18)14-3-2-8-21(11-14)17(23)13-4-6-15(7-5-13)27(19,24)25/h4-7,9-10,14H,2-3,8,11H2,1H3,(H2,19,24,25)/t14-/m1/s1. The molecule has 0 aliphatic carbocycles. The van der Waals surface area contributed by atoms with Crippen LogP contribution in [0.15, 0.2) is 40.7 Å². The summed E-state index contributed by atoms with van der Waals surface area (Å²) >= 11 is 1.67. The predicted octanol–water partition coefficient (Wildman–Crippen LogP) is 2.37. The van der Waals surface area contributed by atoms with E-state index < -0.39 is 10.0 Å². The highest BCUT2D eigenvalue weighted by atomic mass is 32.2. The van der Waals surface area contributed by atoms with Gasteiger partial charge in [-0.05, 0) is 44.0 Å². The Morgan fingerprint density at radius 2 is 2.04 bits per heavy atom. The van der Waals surface area contributed by atoms with Crippen LogP contribution in [-0.2, 0) is 10.0 Å². The summed E-state index contributed by atoms with van der Waals surface area (Å²) in [6.07, 6.45) is 3.93. The highest BCUT2D eigenvalue weighted by molar-refractivity contribution is 7.89. The summed E-state index contributed by atoms with van der Waals surface area (Å²) in [5.74, 6) is 1.07. The molecule has 9 heteroatoms. The number of thiazole rings is 1. The van der Waals surface area contributed by atoms with Crippen LogP contribution >= 0.6 is 11.3 Å². The van der Waals surface area contributed by atoms with E-state index in [1.165, 1.54) is 24.3 Å². The molecule has 0 saturated carbocycles. The molecule has 1 aromatic carbocycles. The minimum atomic E-state index is -3.76. The number of amides is 1. The van der Waals surface area contributed by atoms with E-state index >= 15 is 0 Å². The van der Waals surface area contributed by atoms with Gasteiger partial charge in [0, 0.05) is 36.1 Å². The van der Waals surface area contributed by atoms with E-state index in [0.29, 0.717) is 18.7 Å². The van der Waals surface area contributed by atoms with Gasteiger partial charge in [0.05, 0.1) is 10.6 Å². The molecule has 4 rings (SSSR count). The lowest BCUT2D eigenvalue weighted by Crippen LogP contribution is -2.39. The fourth-order valence-electron chi connectivity index (χ4n) is 3.62. The van der Waals surface area contributed by atoms with Crippen molar-refractivity contribution in [3.05, 3.63) is 52.9 Å². The molecule has 1 aliphatic heterocycles. The molecule has 1 saturated heterocycles. The Balaban J connectivity index is 1.56. The van der Waals surface area contributed by atoms with Crippen molar-refractivity contribution in [3.63, 3.8) is 0 Å². The number of rotatable bonds is 3. The van der Waals surface area contributed by atoms with Crippen LogP contribution in [0.3, 0.4) is 0 Å². The molecule has 1 amide bonds. The molecule has 2 N–H and O–H groups in total. The largest absolute Gasteiger partial charge is 0.338 e. The first kappa shape index (κ1) is 18.1. The molecule has 0 radical (unpaired) electrons. The molecule has 0 unspecified atom stereocenters. The lowest BCUT2D eigenvalue weighted by molar-refractivity contribution is 0.0706. The number of sulfonamides is 1. The maximum absolute atomic E-state index is 12.9. The molecule has 3 aromatic rings. The van der Waals surface area contributed by atoms with Crippen LogP contribution in [0.2, 0.25) is 0 Å². The van der Waals surface area contributed by atoms with Crippen LogP contribution < -0.4 is 5.14 Å². The molecular formula is C18H20N4O3S2. The number of hydrogen-bond donors (Lipinski definition) is 1. The molecular weight excluding hydrogens is 384 g/mol. The van der Waals surface area contributed by atoms with Crippen molar-refractivity contribution in [2.75, 3.05) is 13.1 Å². The minimum Gasteiger partial charge on any atom is -0.338 e. The van der Waals surface area contributed by atoms with Gasteiger partial charge in [0.25, 0.3) is 5.91 Å². The molecule has 1 atom stereocenters. The Morgan fingerprint density at radius 1 is 1.30 bits per heavy atom. The summed E-state index contributed by atoms with van der Waals surface area (Å²) in [4.78, 5) is 20.6. The zero-order chi connectivity index (χ0) is 19.2. The molecule has 1 fully saturated rings. The van der Waals surface area contributed by atoms with Crippen molar-refractivity contribution in [3.8, 4) is 0 Å². The monoisotopic (exact) mass is 404 g/mol. The number of nitrogens with zero attached hydrogens (tertiary/aromatic N) is 3. The van der Waals surface area contributed by atoms with Crippen molar-refractivity contribution in [1.82, 2.24) is 14.3 Å². The number of imidazole rings is 1. The second-order valence-corrected chi connectivity index (χ2v) is 9.24. The normalized spacial score (nSPS) is 18.1. The van der Waals surface area contributed by atoms with Crippen LogP contribution in [0.25, 0.3) is 4.83 Å². The number of carbonyl (C=O) groups is 1. The highest BCUT2D eigenvalue weighted by Crippen LogP contribution is 2.32. The number of aromatic nitrogens is 2. The maximum atomic E-state index is 12.9. The molecule has 0 bridgehead atoms. The van der Waals surface area contributed by atoms with Crippen molar-refractivity contribution in [2.45, 2.75) is 30.6 Å². The first-order valence-electron chi connectivity index (χ1n) is 8.69. The third-order valence-corrected chi connectivity index (χ3v) is 6.80. The molecule has 1 aliphatic rings. The summed E-state index contributed by atoms with van der Waals surface area (Å²) in [6, 6.07) is 5.78. The number of piperidine rings is 1. The van der Waals surface area contributed by atoms with E-state index in [-0.39, 0.29) is 16.7 Å². The van der Waals surface area contributed by atoms with Crippen LogP contribution in [0.4, 0.5) is 0 Å². The molecule has 2 aromatic heterocycles. The summed E-state index contributed by atoms with van der Waals surface area (Å²) in [6.45, 7) is 3.29. The number of primary sulfonamides is 1. The number of hydrogen-bond acceptors (Lipinski definition) is 5. The first-order chi connectivity index (χ1) is 12.8. The van der Waals surface area contributed by atoms with E-state index in [2.05, 4.69) is 4.40 Å². The van der Waals surface area contributed by atoms with Crippen LogP contribution in [0.5, 0.6) is 0 Å². The summed E-state index contributed by atoms with van der Waals surface area (Å²) < 4.78 is 24.8. The van der Waals surface area contributed by atoms with Crippen molar-refractivity contribution < 1.29 is 13.2 Å². The summed E-state index contributed by atoms with van der Waals surface area (Å²) in [5, 5.41) is 7.16. The second-order valence-electron chi connectivity index (χ2n) is 6.78. The van der Waals surface area contributed by atoms with Gasteiger partial charge in [0.2, 0.25) is 10.0 Å². The number of fused-ring (bicyclic) bond motifs is 1. The lowest BCUT2D eigenvalue weighted by Gasteiger charge is -2.32. The predicted molar refractivity (Wildman–Crippen MR) is 103 cm³/mol. The van der Waals surface area contributed by atoms with Crippen molar-refractivity contribution in [1.29, 1.82) is 0 Å². The van der Waals surface area contributed by atoms with Crippen LogP contribution in [0, 0.1) is 6.92 Å². The van der Waals surface area contributed by atoms with E-state index in [1.54, 1.807) is 11.3 Å². The Morgan fingerprint density at radius 3 is 2.74 bits per heavy atom. The van der Waals surface area contributed by atoms with Gasteiger partial charge in [0.15, 0.2) is 0 Å². The molecule has 3 heterocycles. The third-order valence-electron chi connectivity index (χ3n) is 4.98. The van der Waals surface area contributed by atoms with Gasteiger partial charge < -0.3 is 4.90 Å². The number of likely N-dealkylation sites (tertiary alicyclic amines) is 1. The fourth-order valence-corrected chi connectivity index (χ4v) is 5.08. The van der Waals surface area contributed by atoms with Crippen molar-refractivity contribution in [2.24, 2.45) is 5.14 Å². The Kier molecular flexibility index (Phi) is 4.53. The van der Waals surface area contributed by atoms with Crippen LogP contribution in [0.1, 0.15) is 40.6 Å². The van der Waals surface area contributed by atoms with Gasteiger partial charge in [-0.25, -0.2) is 18.5 Å². The maximum Gasteiger partial charge on any atom is 0.253 e. The minimum absolute atomic E-state index is 0.00384. The Bertz CT molecular complexity index is 1100. The zero-order valence-corrected chi connectivity index (χ0v) is 16.5. The van der Waals surface area contributed by atoms with Gasteiger partial charge in [-0.2, -0.15) is 0 Å². The topological polar surface area (TPSA) is 97.8 Å². The molecule has 0 spiro atoms. The number of aryl methyl sites for hydroxylation is 1. The van der Waals surface area contributed by atoms with Crippen LogP contribution in [-0.4, -0.2) is 41.7 Å². The first-order valence-corrected chi connectivity index (χ1v) is 11.1. The van der Waals surface area contributed by atoms with Gasteiger partial charge in [-0.1, -0.05) is 0 Å². The average molecular weight is 405 g/mol. The van der Waals surface area contributed by atoms with E-state index in [9.17, 15) is 13.2 Å². The molecule has 142 valence electrons. The molecule has 27 heavy (non-hydrogen) atoms. The van der Waals surface area contributed by atoms with Gasteiger partial charge in [-0.15, -0.1) is 11.3 Å². The zero-order valence-electron chi connectivity index (χ0n) is 14.8. The third kappa shape index (κ3) is 3.38. The Hall–Kier alpha value is -2.23. The highest BCUT2D eigenvalue weighted by Gasteiger charge is 2.29. The number of nitrogens with two attached hydrogens (primary N) is 1. The van der Waals surface area contributed by atoms with E-state index in [0.717, 1.165) is 29.2 Å². The lowest BCUT2D eigenvalue weighted by atomic mass is 9.94. The fraction of sp³-hybridized carbons (Fsp3) is 0.333. The quantitative estimate of drug-likeness (QED) is 0.725. The second kappa shape index (κ2) is 6.74. The average Bonchev–Trinajstić information content (AvgIpc) is 3.25. The van der Waals surface area contributed by atoms with Gasteiger partial charge >= 0.3 is 0 Å².